The number of hydrogen-bond acceptors (Lipinski definition) is 2. The first-order valence-corrected chi connectivity index (χ1v) is 6.35. The summed E-state index contributed by atoms with van der Waals surface area (Å²) in [7, 11) is 0. The van der Waals surface area contributed by atoms with Crippen LogP contribution in [0.4, 0.5) is 0 Å². The third kappa shape index (κ3) is 0.957. The van der Waals surface area contributed by atoms with Gasteiger partial charge in [-0.3, -0.25) is 4.79 Å². The summed E-state index contributed by atoms with van der Waals surface area (Å²) in [6, 6.07) is 0. The minimum Gasteiger partial charge on any atom is -0.458 e. The highest BCUT2D eigenvalue weighted by atomic mass is 16.6. The summed E-state index contributed by atoms with van der Waals surface area (Å²) in [6.07, 6.45) is 13.2. The van der Waals surface area contributed by atoms with E-state index in [1.54, 1.807) is 0 Å². The molecule has 2 fully saturated rings. The molecule has 0 aromatic carbocycles. The lowest BCUT2D eigenvalue weighted by molar-refractivity contribution is -0.160. The Morgan fingerprint density at radius 3 is 3.06 bits per heavy atom. The van der Waals surface area contributed by atoms with Crippen molar-refractivity contribution in [1.29, 1.82) is 0 Å². The summed E-state index contributed by atoms with van der Waals surface area (Å²) < 4.78 is 5.71. The fraction of sp³-hybridized carbons (Fsp3) is 0.643. The van der Waals surface area contributed by atoms with E-state index >= 15 is 0 Å². The highest BCUT2D eigenvalue weighted by Crippen LogP contribution is 2.58. The van der Waals surface area contributed by atoms with Gasteiger partial charge in [0.05, 0.1) is 0 Å². The van der Waals surface area contributed by atoms with Gasteiger partial charge in [0.25, 0.3) is 0 Å². The summed E-state index contributed by atoms with van der Waals surface area (Å²) in [6.45, 7) is 0. The number of carbonyl (C=O) groups is 1. The Morgan fingerprint density at radius 2 is 2.25 bits per heavy atom. The Labute approximate surface area is 95.4 Å². The third-order valence-corrected chi connectivity index (χ3v) is 5.05. The van der Waals surface area contributed by atoms with Crippen LogP contribution < -0.4 is 0 Å². The van der Waals surface area contributed by atoms with Gasteiger partial charge in [-0.1, -0.05) is 24.3 Å². The fourth-order valence-electron chi connectivity index (χ4n) is 4.37. The second kappa shape index (κ2) is 2.79. The zero-order valence-corrected chi connectivity index (χ0v) is 9.26. The average Bonchev–Trinajstić information content (AvgIpc) is 2.88. The van der Waals surface area contributed by atoms with E-state index in [9.17, 15) is 4.79 Å². The Morgan fingerprint density at radius 1 is 1.31 bits per heavy atom. The molecule has 1 aliphatic heterocycles. The molecule has 2 nitrogen and oxygen atoms in total. The molecule has 2 bridgehead atoms. The molecule has 5 aliphatic rings. The molecule has 5 atom stereocenters. The van der Waals surface area contributed by atoms with Crippen LogP contribution in [0.5, 0.6) is 0 Å². The van der Waals surface area contributed by atoms with Crippen LogP contribution >= 0.6 is 0 Å². The highest BCUT2D eigenvalue weighted by molar-refractivity contribution is 5.72. The van der Waals surface area contributed by atoms with Gasteiger partial charge in [0.1, 0.15) is 5.60 Å². The maximum absolute atomic E-state index is 11.4. The molecule has 0 radical (unpaired) electrons. The van der Waals surface area contributed by atoms with Crippen LogP contribution in [0.3, 0.4) is 0 Å². The van der Waals surface area contributed by atoms with Crippen molar-refractivity contribution in [2.45, 2.75) is 31.3 Å². The van der Waals surface area contributed by atoms with Crippen LogP contribution in [-0.4, -0.2) is 11.6 Å². The lowest BCUT2D eigenvalue weighted by Gasteiger charge is -2.51. The monoisotopic (exact) mass is 216 g/mol. The summed E-state index contributed by atoms with van der Waals surface area (Å²) in [5, 5.41) is 0. The van der Waals surface area contributed by atoms with Gasteiger partial charge in [-0.2, -0.15) is 0 Å². The minimum atomic E-state index is -0.133. The lowest BCUT2D eigenvalue weighted by Crippen LogP contribution is -2.52. The number of carbonyl (C=O) groups excluding carboxylic acids is 1. The predicted octanol–water partition coefficient (Wildman–Crippen LogP) is 2.46. The van der Waals surface area contributed by atoms with Gasteiger partial charge >= 0.3 is 5.97 Å². The Kier molecular flexibility index (Phi) is 1.58. The van der Waals surface area contributed by atoms with Gasteiger partial charge in [0.2, 0.25) is 0 Å². The van der Waals surface area contributed by atoms with Crippen molar-refractivity contribution >= 4 is 5.97 Å². The normalized spacial score (nSPS) is 52.4. The summed E-state index contributed by atoms with van der Waals surface area (Å²) >= 11 is 0. The number of rotatable bonds is 0. The van der Waals surface area contributed by atoms with Gasteiger partial charge in [-0.25, -0.2) is 0 Å². The topological polar surface area (TPSA) is 26.3 Å². The van der Waals surface area contributed by atoms with Crippen molar-refractivity contribution in [3.8, 4) is 0 Å². The van der Waals surface area contributed by atoms with Gasteiger partial charge in [0.15, 0.2) is 0 Å². The predicted molar refractivity (Wildman–Crippen MR) is 59.5 cm³/mol. The van der Waals surface area contributed by atoms with Crippen molar-refractivity contribution in [2.75, 3.05) is 0 Å². The van der Waals surface area contributed by atoms with Crippen LogP contribution in [-0.2, 0) is 9.53 Å². The molecular formula is C14H16O2. The van der Waals surface area contributed by atoms with Crippen molar-refractivity contribution < 1.29 is 9.53 Å². The Bertz CT molecular complexity index is 409. The molecule has 2 heteroatoms. The number of esters is 1. The molecule has 1 saturated carbocycles. The Balaban J connectivity index is 1.76. The van der Waals surface area contributed by atoms with Crippen LogP contribution in [0.2, 0.25) is 0 Å². The van der Waals surface area contributed by atoms with E-state index in [2.05, 4.69) is 24.3 Å². The molecule has 5 unspecified atom stereocenters. The SMILES string of the molecule is O=C1CCC2(CC3C=CC2C2C=CCC32)O1. The zero-order valence-electron chi connectivity index (χ0n) is 9.26. The summed E-state index contributed by atoms with van der Waals surface area (Å²) in [5.41, 5.74) is -0.133. The lowest BCUT2D eigenvalue weighted by atomic mass is 9.56. The fourth-order valence-corrected chi connectivity index (χ4v) is 4.37. The first-order valence-electron chi connectivity index (χ1n) is 6.35. The second-order valence-corrected chi connectivity index (χ2v) is 5.72. The summed E-state index contributed by atoms with van der Waals surface area (Å²) in [4.78, 5) is 11.4. The first-order chi connectivity index (χ1) is 7.78. The molecule has 1 saturated heterocycles. The smallest absolute Gasteiger partial charge is 0.306 e. The van der Waals surface area contributed by atoms with Crippen LogP contribution in [0.15, 0.2) is 24.3 Å². The second-order valence-electron chi connectivity index (χ2n) is 5.72. The minimum absolute atomic E-state index is 0.0134. The van der Waals surface area contributed by atoms with E-state index in [4.69, 9.17) is 4.74 Å². The maximum atomic E-state index is 11.4. The standard InChI is InChI=1S/C14H16O2/c15-13-6-7-14(16-13)8-9-4-5-12(14)11-3-1-2-10(9)11/h1,3-5,9-12H,2,6-8H2. The maximum Gasteiger partial charge on any atom is 0.306 e. The number of allylic oxidation sites excluding steroid dienone is 3. The molecule has 0 N–H and O–H groups in total. The van der Waals surface area contributed by atoms with Gasteiger partial charge in [0, 0.05) is 12.3 Å². The molecule has 0 aromatic heterocycles. The largest absolute Gasteiger partial charge is 0.458 e. The average molecular weight is 216 g/mol. The van der Waals surface area contributed by atoms with Crippen molar-refractivity contribution in [1.82, 2.24) is 0 Å². The zero-order chi connectivity index (χ0) is 10.8. The highest BCUT2D eigenvalue weighted by Gasteiger charge is 2.58. The molecule has 16 heavy (non-hydrogen) atoms. The van der Waals surface area contributed by atoms with Gasteiger partial charge < -0.3 is 4.74 Å². The quantitative estimate of drug-likeness (QED) is 0.459. The van der Waals surface area contributed by atoms with E-state index in [-0.39, 0.29) is 11.6 Å². The van der Waals surface area contributed by atoms with E-state index in [0.717, 1.165) is 18.8 Å². The van der Waals surface area contributed by atoms with Crippen molar-refractivity contribution in [2.24, 2.45) is 23.7 Å². The molecule has 4 aliphatic carbocycles. The molecule has 1 heterocycles. The van der Waals surface area contributed by atoms with E-state index in [1.165, 1.54) is 6.42 Å². The molecular weight excluding hydrogens is 200 g/mol. The third-order valence-electron chi connectivity index (χ3n) is 5.05. The van der Waals surface area contributed by atoms with Crippen LogP contribution in [0.25, 0.3) is 0 Å². The van der Waals surface area contributed by atoms with Crippen molar-refractivity contribution in [3.05, 3.63) is 24.3 Å². The van der Waals surface area contributed by atoms with E-state index in [0.29, 0.717) is 24.2 Å². The molecule has 84 valence electrons. The number of ether oxygens (including phenoxy) is 1. The van der Waals surface area contributed by atoms with Gasteiger partial charge in [-0.15, -0.1) is 0 Å². The summed E-state index contributed by atoms with van der Waals surface area (Å²) in [5.74, 6) is 2.53. The molecule has 1 spiro atoms. The van der Waals surface area contributed by atoms with Crippen LogP contribution in [0, 0.1) is 23.7 Å². The van der Waals surface area contributed by atoms with E-state index < -0.39 is 0 Å². The Hall–Kier alpha value is -1.05. The molecule has 0 amide bonds. The van der Waals surface area contributed by atoms with Gasteiger partial charge in [-0.05, 0) is 37.0 Å². The molecule has 5 rings (SSSR count). The number of hydrogen-bond donors (Lipinski definition) is 0. The van der Waals surface area contributed by atoms with E-state index in [1.807, 2.05) is 0 Å². The first kappa shape index (κ1) is 9.03. The van der Waals surface area contributed by atoms with Crippen molar-refractivity contribution in [3.63, 3.8) is 0 Å². The van der Waals surface area contributed by atoms with Crippen LogP contribution in [0.1, 0.15) is 25.7 Å². The molecule has 0 aromatic rings.